The first kappa shape index (κ1) is 14.6. The number of carbonyl (C=O) groups excluding carboxylic acids is 1. The third-order valence-corrected chi connectivity index (χ3v) is 3.21. The molecular weight excluding hydrogens is 226 g/mol. The molecule has 0 saturated carbocycles. The smallest absolute Gasteiger partial charge is 0.227 e. The van der Waals surface area contributed by atoms with Gasteiger partial charge in [0.25, 0.3) is 0 Å². The Balaban J connectivity index is 2.75. The molecule has 1 rings (SSSR count). The average molecular weight is 249 g/mol. The summed E-state index contributed by atoms with van der Waals surface area (Å²) in [5, 5.41) is 12.5. The number of nitrogens with one attached hydrogen (secondary N) is 1. The normalized spacial score (nSPS) is 10.7. The van der Waals surface area contributed by atoms with E-state index in [2.05, 4.69) is 19.2 Å². The third kappa shape index (κ3) is 3.76. The van der Waals surface area contributed by atoms with E-state index in [0.29, 0.717) is 5.69 Å². The number of carbonyl (C=O) groups is 1. The van der Waals surface area contributed by atoms with Crippen molar-refractivity contribution in [3.8, 4) is 5.75 Å². The van der Waals surface area contributed by atoms with Crippen molar-refractivity contribution < 1.29 is 9.90 Å². The van der Waals surface area contributed by atoms with Gasteiger partial charge in [0.05, 0.1) is 0 Å². The van der Waals surface area contributed by atoms with E-state index < -0.39 is 0 Å². The number of amides is 1. The lowest BCUT2D eigenvalue weighted by molar-refractivity contribution is -0.120. The summed E-state index contributed by atoms with van der Waals surface area (Å²) in [4.78, 5) is 12.2. The SMILES string of the molecule is CCCC(CCC)C(=O)Nc1cccc(O)c1C. The quantitative estimate of drug-likeness (QED) is 0.804. The van der Waals surface area contributed by atoms with Crippen LogP contribution in [-0.4, -0.2) is 11.0 Å². The molecule has 0 spiro atoms. The van der Waals surface area contributed by atoms with Gasteiger partial charge in [0.15, 0.2) is 0 Å². The number of hydrogen-bond donors (Lipinski definition) is 2. The van der Waals surface area contributed by atoms with Gasteiger partial charge in [0.2, 0.25) is 5.91 Å². The summed E-state index contributed by atoms with van der Waals surface area (Å²) >= 11 is 0. The van der Waals surface area contributed by atoms with E-state index in [1.807, 2.05) is 6.07 Å². The lowest BCUT2D eigenvalue weighted by Gasteiger charge is -2.16. The van der Waals surface area contributed by atoms with Crippen LogP contribution < -0.4 is 5.32 Å². The molecule has 0 aliphatic heterocycles. The zero-order valence-electron chi connectivity index (χ0n) is 11.5. The Bertz CT molecular complexity index is 395. The first-order valence-electron chi connectivity index (χ1n) is 6.69. The summed E-state index contributed by atoms with van der Waals surface area (Å²) in [5.74, 6) is 0.351. The highest BCUT2D eigenvalue weighted by Gasteiger charge is 2.17. The minimum absolute atomic E-state index is 0.0624. The summed E-state index contributed by atoms with van der Waals surface area (Å²) in [6.45, 7) is 5.99. The number of rotatable bonds is 6. The van der Waals surface area contributed by atoms with Gasteiger partial charge in [0.1, 0.15) is 5.75 Å². The van der Waals surface area contributed by atoms with Crippen LogP contribution in [0.2, 0.25) is 0 Å². The van der Waals surface area contributed by atoms with Crippen molar-refractivity contribution in [2.24, 2.45) is 5.92 Å². The molecule has 2 N–H and O–H groups in total. The molecule has 0 aliphatic carbocycles. The Labute approximate surface area is 109 Å². The van der Waals surface area contributed by atoms with Crippen LogP contribution in [0.1, 0.15) is 45.1 Å². The van der Waals surface area contributed by atoms with Crippen molar-refractivity contribution >= 4 is 11.6 Å². The molecule has 100 valence electrons. The second-order valence-electron chi connectivity index (χ2n) is 4.71. The molecule has 1 amide bonds. The summed E-state index contributed by atoms with van der Waals surface area (Å²) in [5.41, 5.74) is 1.43. The lowest BCUT2D eigenvalue weighted by Crippen LogP contribution is -2.23. The van der Waals surface area contributed by atoms with Gasteiger partial charge in [0, 0.05) is 17.2 Å². The molecule has 3 heteroatoms. The van der Waals surface area contributed by atoms with Crippen LogP contribution in [0.4, 0.5) is 5.69 Å². The zero-order valence-corrected chi connectivity index (χ0v) is 11.5. The molecule has 0 radical (unpaired) electrons. The summed E-state index contributed by atoms with van der Waals surface area (Å²) in [7, 11) is 0. The van der Waals surface area contributed by atoms with Crippen LogP contribution in [0.3, 0.4) is 0 Å². The van der Waals surface area contributed by atoms with Crippen molar-refractivity contribution in [1.29, 1.82) is 0 Å². The molecule has 0 saturated heterocycles. The Morgan fingerprint density at radius 3 is 2.44 bits per heavy atom. The monoisotopic (exact) mass is 249 g/mol. The van der Waals surface area contributed by atoms with E-state index >= 15 is 0 Å². The van der Waals surface area contributed by atoms with Gasteiger partial charge < -0.3 is 10.4 Å². The van der Waals surface area contributed by atoms with Crippen molar-refractivity contribution in [1.82, 2.24) is 0 Å². The predicted octanol–water partition coefficient (Wildman–Crippen LogP) is 3.86. The summed E-state index contributed by atoms with van der Waals surface area (Å²) in [6.07, 6.45) is 3.85. The van der Waals surface area contributed by atoms with Gasteiger partial charge in [-0.25, -0.2) is 0 Å². The number of benzene rings is 1. The highest BCUT2D eigenvalue weighted by molar-refractivity contribution is 5.93. The molecule has 0 atom stereocenters. The Morgan fingerprint density at radius 2 is 1.89 bits per heavy atom. The summed E-state index contributed by atoms with van der Waals surface area (Å²) < 4.78 is 0. The average Bonchev–Trinajstić information content (AvgIpc) is 2.34. The van der Waals surface area contributed by atoms with Crippen molar-refractivity contribution in [2.75, 3.05) is 5.32 Å². The molecule has 0 fully saturated rings. The van der Waals surface area contributed by atoms with Gasteiger partial charge in [-0.3, -0.25) is 4.79 Å². The van der Waals surface area contributed by atoms with E-state index in [-0.39, 0.29) is 17.6 Å². The maximum atomic E-state index is 12.2. The highest BCUT2D eigenvalue weighted by atomic mass is 16.3. The van der Waals surface area contributed by atoms with Crippen LogP contribution in [0.15, 0.2) is 18.2 Å². The number of phenolic OH excluding ortho intramolecular Hbond substituents is 1. The molecule has 0 aliphatic rings. The fourth-order valence-electron chi connectivity index (χ4n) is 2.10. The fourth-order valence-corrected chi connectivity index (χ4v) is 2.10. The Morgan fingerprint density at radius 1 is 1.28 bits per heavy atom. The van der Waals surface area contributed by atoms with Gasteiger partial charge >= 0.3 is 0 Å². The van der Waals surface area contributed by atoms with Crippen LogP contribution in [-0.2, 0) is 4.79 Å². The van der Waals surface area contributed by atoms with E-state index in [1.165, 1.54) is 0 Å². The molecule has 1 aromatic rings. The maximum Gasteiger partial charge on any atom is 0.227 e. The predicted molar refractivity (Wildman–Crippen MR) is 74.8 cm³/mol. The van der Waals surface area contributed by atoms with Crippen LogP contribution in [0.5, 0.6) is 5.75 Å². The fraction of sp³-hybridized carbons (Fsp3) is 0.533. The second-order valence-corrected chi connectivity index (χ2v) is 4.71. The third-order valence-electron chi connectivity index (χ3n) is 3.21. The minimum Gasteiger partial charge on any atom is -0.508 e. The Hall–Kier alpha value is -1.51. The first-order valence-corrected chi connectivity index (χ1v) is 6.69. The molecule has 0 unspecified atom stereocenters. The number of phenols is 1. The molecular formula is C15H23NO2. The van der Waals surface area contributed by atoms with Crippen molar-refractivity contribution in [3.63, 3.8) is 0 Å². The number of hydrogen-bond acceptors (Lipinski definition) is 2. The van der Waals surface area contributed by atoms with E-state index in [4.69, 9.17) is 0 Å². The lowest BCUT2D eigenvalue weighted by atomic mass is 9.97. The molecule has 3 nitrogen and oxygen atoms in total. The number of anilines is 1. The Kier molecular flexibility index (Phi) is 5.69. The van der Waals surface area contributed by atoms with Gasteiger partial charge in [-0.2, -0.15) is 0 Å². The van der Waals surface area contributed by atoms with Gasteiger partial charge in [-0.05, 0) is 31.9 Å². The van der Waals surface area contributed by atoms with Gasteiger partial charge in [-0.1, -0.05) is 32.8 Å². The first-order chi connectivity index (χ1) is 8.60. The van der Waals surface area contributed by atoms with Crippen molar-refractivity contribution in [2.45, 2.75) is 46.5 Å². The number of aromatic hydroxyl groups is 1. The largest absolute Gasteiger partial charge is 0.508 e. The zero-order chi connectivity index (χ0) is 13.5. The van der Waals surface area contributed by atoms with E-state index in [9.17, 15) is 9.90 Å². The second kappa shape index (κ2) is 7.04. The van der Waals surface area contributed by atoms with Crippen molar-refractivity contribution in [3.05, 3.63) is 23.8 Å². The van der Waals surface area contributed by atoms with Gasteiger partial charge in [-0.15, -0.1) is 0 Å². The van der Waals surface area contributed by atoms with Crippen LogP contribution >= 0.6 is 0 Å². The standard InChI is InChI=1S/C15H23NO2/c1-4-7-12(8-5-2)15(18)16-13-9-6-10-14(17)11(13)3/h6,9-10,12,17H,4-5,7-8H2,1-3H3,(H,16,18). The molecule has 0 aromatic heterocycles. The minimum atomic E-state index is 0.0624. The topological polar surface area (TPSA) is 49.3 Å². The molecule has 1 aromatic carbocycles. The van der Waals surface area contributed by atoms with Crippen LogP contribution in [0.25, 0.3) is 0 Å². The van der Waals surface area contributed by atoms with E-state index in [0.717, 1.165) is 31.2 Å². The highest BCUT2D eigenvalue weighted by Crippen LogP contribution is 2.25. The molecule has 0 heterocycles. The molecule has 18 heavy (non-hydrogen) atoms. The van der Waals surface area contributed by atoms with Crippen LogP contribution in [0, 0.1) is 12.8 Å². The summed E-state index contributed by atoms with van der Waals surface area (Å²) in [6, 6.07) is 5.19. The molecule has 0 bridgehead atoms. The maximum absolute atomic E-state index is 12.2. The van der Waals surface area contributed by atoms with E-state index in [1.54, 1.807) is 19.1 Å².